The van der Waals surface area contributed by atoms with Crippen LogP contribution < -0.4 is 4.90 Å². The molecule has 0 aliphatic carbocycles. The lowest BCUT2D eigenvalue weighted by Gasteiger charge is -2.38. The average molecular weight is 341 g/mol. The van der Waals surface area contributed by atoms with Crippen LogP contribution in [0.2, 0.25) is 5.28 Å². The number of carbonyl (C=O) groups is 1. The van der Waals surface area contributed by atoms with Crippen molar-refractivity contribution in [2.75, 3.05) is 25.0 Å². The zero-order chi connectivity index (χ0) is 17.0. The molecular weight excluding hydrogens is 316 g/mol. The van der Waals surface area contributed by atoms with Crippen molar-refractivity contribution < 1.29 is 9.53 Å². The van der Waals surface area contributed by atoms with E-state index in [0.717, 1.165) is 31.6 Å². The monoisotopic (exact) mass is 340 g/mol. The van der Waals surface area contributed by atoms with E-state index in [1.807, 2.05) is 43.7 Å². The van der Waals surface area contributed by atoms with Crippen LogP contribution in [0.4, 0.5) is 10.6 Å². The van der Waals surface area contributed by atoms with Crippen LogP contribution >= 0.6 is 11.6 Å². The third-order valence-electron chi connectivity index (χ3n) is 3.74. The van der Waals surface area contributed by atoms with E-state index in [0.29, 0.717) is 6.54 Å². The lowest BCUT2D eigenvalue weighted by Crippen LogP contribution is -2.50. The molecule has 1 aliphatic heterocycles. The Morgan fingerprint density at radius 2 is 2.22 bits per heavy atom. The predicted octanol–water partition coefficient (Wildman–Crippen LogP) is 3.36. The van der Waals surface area contributed by atoms with Crippen LogP contribution in [-0.2, 0) is 4.74 Å². The number of carbonyl (C=O) groups excluding carboxylic acids is 1. The van der Waals surface area contributed by atoms with Crippen LogP contribution in [0, 0.1) is 0 Å². The van der Waals surface area contributed by atoms with Gasteiger partial charge in [0.15, 0.2) is 0 Å². The summed E-state index contributed by atoms with van der Waals surface area (Å²) in [4.78, 5) is 24.4. The molecule has 0 spiro atoms. The Balaban J connectivity index is 2.05. The average Bonchev–Trinajstić information content (AvgIpc) is 2.46. The number of likely N-dealkylation sites (N-methyl/N-ethyl adjacent to an activating group) is 1. The second-order valence-electron chi connectivity index (χ2n) is 6.89. The number of ether oxygens (including phenoxy) is 1. The molecule has 2 rings (SSSR count). The molecule has 0 radical (unpaired) electrons. The Labute approximate surface area is 142 Å². The molecule has 0 saturated carbocycles. The van der Waals surface area contributed by atoms with Crippen LogP contribution in [-0.4, -0.2) is 52.7 Å². The standard InChI is InChI=1S/C16H25ClN4O2/c1-16(2,3)23-15(22)21-10-6-5-7-12(21)11-20(4)13-8-9-18-14(17)19-13/h8-9,12H,5-7,10-11H2,1-4H3. The van der Waals surface area contributed by atoms with Crippen LogP contribution in [0.15, 0.2) is 12.3 Å². The molecule has 0 aromatic carbocycles. The van der Waals surface area contributed by atoms with Gasteiger partial charge in [-0.3, -0.25) is 0 Å². The fourth-order valence-corrected chi connectivity index (χ4v) is 2.84. The van der Waals surface area contributed by atoms with E-state index < -0.39 is 5.60 Å². The molecule has 1 fully saturated rings. The number of piperidine rings is 1. The van der Waals surface area contributed by atoms with Gasteiger partial charge in [0.25, 0.3) is 0 Å². The van der Waals surface area contributed by atoms with E-state index in [9.17, 15) is 4.79 Å². The van der Waals surface area contributed by atoms with Crippen molar-refractivity contribution in [3.63, 3.8) is 0 Å². The zero-order valence-electron chi connectivity index (χ0n) is 14.3. The van der Waals surface area contributed by atoms with Gasteiger partial charge in [-0.25, -0.2) is 14.8 Å². The maximum Gasteiger partial charge on any atom is 0.410 e. The van der Waals surface area contributed by atoms with Crippen molar-refractivity contribution in [3.8, 4) is 0 Å². The minimum absolute atomic E-state index is 0.109. The number of hydrogen-bond donors (Lipinski definition) is 0. The van der Waals surface area contributed by atoms with E-state index in [1.54, 1.807) is 6.20 Å². The van der Waals surface area contributed by atoms with Gasteiger partial charge in [-0.1, -0.05) is 0 Å². The molecule has 23 heavy (non-hydrogen) atoms. The Hall–Kier alpha value is -1.56. The number of hydrogen-bond acceptors (Lipinski definition) is 5. The summed E-state index contributed by atoms with van der Waals surface area (Å²) in [6, 6.07) is 1.92. The SMILES string of the molecule is CN(CC1CCCCN1C(=O)OC(C)(C)C)c1ccnc(Cl)n1. The highest BCUT2D eigenvalue weighted by atomic mass is 35.5. The summed E-state index contributed by atoms with van der Waals surface area (Å²) in [5.74, 6) is 0.750. The minimum Gasteiger partial charge on any atom is -0.444 e. The molecule has 0 N–H and O–H groups in total. The molecule has 1 aromatic rings. The molecule has 1 atom stereocenters. The number of aromatic nitrogens is 2. The Bertz CT molecular complexity index is 547. The summed E-state index contributed by atoms with van der Waals surface area (Å²) >= 11 is 5.85. The number of rotatable bonds is 3. The summed E-state index contributed by atoms with van der Waals surface area (Å²) in [6.07, 6.45) is 4.48. The van der Waals surface area contributed by atoms with E-state index in [4.69, 9.17) is 16.3 Å². The molecule has 1 saturated heterocycles. The topological polar surface area (TPSA) is 58.6 Å². The van der Waals surface area contributed by atoms with Gasteiger partial charge in [0.2, 0.25) is 5.28 Å². The molecule has 2 heterocycles. The van der Waals surface area contributed by atoms with E-state index in [2.05, 4.69) is 9.97 Å². The lowest BCUT2D eigenvalue weighted by molar-refractivity contribution is 0.0108. The smallest absolute Gasteiger partial charge is 0.410 e. The first-order chi connectivity index (χ1) is 10.8. The second kappa shape index (κ2) is 7.34. The molecular formula is C16H25ClN4O2. The number of anilines is 1. The van der Waals surface area contributed by atoms with Gasteiger partial charge in [-0.2, -0.15) is 0 Å². The molecule has 1 aromatic heterocycles. The zero-order valence-corrected chi connectivity index (χ0v) is 15.0. The molecule has 128 valence electrons. The third kappa shape index (κ3) is 5.23. The molecule has 1 unspecified atom stereocenters. The van der Waals surface area contributed by atoms with Gasteiger partial charge >= 0.3 is 6.09 Å². The number of amides is 1. The molecule has 1 amide bonds. The third-order valence-corrected chi connectivity index (χ3v) is 3.92. The second-order valence-corrected chi connectivity index (χ2v) is 7.23. The molecule has 7 heteroatoms. The van der Waals surface area contributed by atoms with Crippen molar-refractivity contribution >= 4 is 23.5 Å². The summed E-state index contributed by atoms with van der Waals surface area (Å²) < 4.78 is 5.54. The first kappa shape index (κ1) is 17.8. The summed E-state index contributed by atoms with van der Waals surface area (Å²) in [5, 5.41) is 0.224. The maximum atomic E-state index is 12.4. The lowest BCUT2D eigenvalue weighted by atomic mass is 10.0. The van der Waals surface area contributed by atoms with Crippen LogP contribution in [0.25, 0.3) is 0 Å². The van der Waals surface area contributed by atoms with Gasteiger partial charge in [-0.15, -0.1) is 0 Å². The van der Waals surface area contributed by atoms with Crippen molar-refractivity contribution in [2.24, 2.45) is 0 Å². The van der Waals surface area contributed by atoms with E-state index in [-0.39, 0.29) is 17.4 Å². The number of nitrogens with zero attached hydrogens (tertiary/aromatic N) is 4. The highest BCUT2D eigenvalue weighted by Gasteiger charge is 2.31. The molecule has 0 bridgehead atoms. The minimum atomic E-state index is -0.481. The van der Waals surface area contributed by atoms with E-state index >= 15 is 0 Å². The quantitative estimate of drug-likeness (QED) is 0.790. The normalized spacial score (nSPS) is 18.7. The van der Waals surface area contributed by atoms with Crippen LogP contribution in [0.3, 0.4) is 0 Å². The summed E-state index contributed by atoms with van der Waals surface area (Å²) in [7, 11) is 1.94. The fourth-order valence-electron chi connectivity index (χ4n) is 2.70. The fraction of sp³-hybridized carbons (Fsp3) is 0.688. The predicted molar refractivity (Wildman–Crippen MR) is 90.9 cm³/mol. The highest BCUT2D eigenvalue weighted by molar-refractivity contribution is 6.28. The number of halogens is 1. The van der Waals surface area contributed by atoms with Crippen LogP contribution in [0.1, 0.15) is 40.0 Å². The Kier molecular flexibility index (Phi) is 5.68. The Morgan fingerprint density at radius 3 is 2.87 bits per heavy atom. The van der Waals surface area contributed by atoms with Gasteiger partial charge in [0.1, 0.15) is 11.4 Å². The first-order valence-electron chi connectivity index (χ1n) is 7.95. The van der Waals surface area contributed by atoms with Gasteiger partial charge in [0, 0.05) is 26.3 Å². The van der Waals surface area contributed by atoms with Crippen LogP contribution in [0.5, 0.6) is 0 Å². The highest BCUT2D eigenvalue weighted by Crippen LogP contribution is 2.22. The van der Waals surface area contributed by atoms with Gasteiger partial charge < -0.3 is 14.5 Å². The van der Waals surface area contributed by atoms with Gasteiger partial charge in [0.05, 0.1) is 6.04 Å². The Morgan fingerprint density at radius 1 is 1.48 bits per heavy atom. The summed E-state index contributed by atoms with van der Waals surface area (Å²) in [5.41, 5.74) is -0.481. The van der Waals surface area contributed by atoms with Crippen molar-refractivity contribution in [2.45, 2.75) is 51.7 Å². The van der Waals surface area contributed by atoms with E-state index in [1.165, 1.54) is 0 Å². The first-order valence-corrected chi connectivity index (χ1v) is 8.33. The number of likely N-dealkylation sites (tertiary alicyclic amines) is 1. The van der Waals surface area contributed by atoms with Crippen molar-refractivity contribution in [1.82, 2.24) is 14.9 Å². The van der Waals surface area contributed by atoms with Gasteiger partial charge in [-0.05, 0) is 57.7 Å². The summed E-state index contributed by atoms with van der Waals surface area (Å²) in [6.45, 7) is 7.08. The molecule has 1 aliphatic rings. The van der Waals surface area contributed by atoms with Crippen molar-refractivity contribution in [1.29, 1.82) is 0 Å². The molecule has 6 nitrogen and oxygen atoms in total. The van der Waals surface area contributed by atoms with Crippen molar-refractivity contribution in [3.05, 3.63) is 17.5 Å². The maximum absolute atomic E-state index is 12.4. The largest absolute Gasteiger partial charge is 0.444 e.